The van der Waals surface area contributed by atoms with Crippen LogP contribution < -0.4 is 5.73 Å². The quantitative estimate of drug-likeness (QED) is 0.836. The summed E-state index contributed by atoms with van der Waals surface area (Å²) in [6.45, 7) is 4.46. The van der Waals surface area contributed by atoms with Gasteiger partial charge >= 0.3 is 0 Å². The Kier molecular flexibility index (Phi) is 3.91. The number of nitrogens with two attached hydrogens (primary N) is 1. The number of anilines is 1. The van der Waals surface area contributed by atoms with Gasteiger partial charge < -0.3 is 20.3 Å². The molecule has 0 radical (unpaired) electrons. The molecule has 1 fully saturated rings. The fraction of sp³-hybridized carbons (Fsp3) is 0.615. The molecule has 0 aromatic carbocycles. The molecule has 1 aliphatic rings. The fourth-order valence-corrected chi connectivity index (χ4v) is 2.57. The highest BCUT2D eigenvalue weighted by atomic mass is 16.3. The summed E-state index contributed by atoms with van der Waals surface area (Å²) < 4.78 is 1.89. The van der Waals surface area contributed by atoms with Gasteiger partial charge in [0.25, 0.3) is 5.91 Å². The van der Waals surface area contributed by atoms with Gasteiger partial charge in [-0.1, -0.05) is 0 Å². The van der Waals surface area contributed by atoms with E-state index in [1.807, 2.05) is 16.4 Å². The maximum Gasteiger partial charge on any atom is 0.270 e. The van der Waals surface area contributed by atoms with Crippen LogP contribution >= 0.6 is 0 Å². The van der Waals surface area contributed by atoms with Gasteiger partial charge in [-0.2, -0.15) is 0 Å². The molecule has 100 valence electrons. The van der Waals surface area contributed by atoms with Crippen molar-refractivity contribution in [3.05, 3.63) is 18.0 Å². The van der Waals surface area contributed by atoms with Crippen LogP contribution in [0.3, 0.4) is 0 Å². The molecule has 5 nitrogen and oxygen atoms in total. The number of aliphatic hydroxyl groups excluding tert-OH is 1. The average molecular weight is 251 g/mol. The summed E-state index contributed by atoms with van der Waals surface area (Å²) in [5.41, 5.74) is 7.04. The van der Waals surface area contributed by atoms with Crippen molar-refractivity contribution in [1.82, 2.24) is 9.47 Å². The number of hydrogen-bond acceptors (Lipinski definition) is 3. The van der Waals surface area contributed by atoms with Crippen molar-refractivity contribution >= 4 is 11.6 Å². The first-order valence-corrected chi connectivity index (χ1v) is 6.51. The predicted molar refractivity (Wildman–Crippen MR) is 70.2 cm³/mol. The molecule has 5 heteroatoms. The van der Waals surface area contributed by atoms with Gasteiger partial charge in [0.2, 0.25) is 0 Å². The van der Waals surface area contributed by atoms with Crippen molar-refractivity contribution in [2.45, 2.75) is 26.3 Å². The van der Waals surface area contributed by atoms with Crippen LogP contribution in [0.4, 0.5) is 5.69 Å². The maximum absolute atomic E-state index is 12.4. The number of carbonyl (C=O) groups is 1. The molecule has 3 N–H and O–H groups in total. The monoisotopic (exact) mass is 251 g/mol. The van der Waals surface area contributed by atoms with Crippen molar-refractivity contribution in [3.8, 4) is 0 Å². The number of hydrogen-bond donors (Lipinski definition) is 2. The molecule has 18 heavy (non-hydrogen) atoms. The standard InChI is InChI=1S/C13H21N3O2/c1-2-15-9-11(14)7-12(15)13(18)16-5-3-10(8-16)4-6-17/h7,9-10,17H,2-6,8,14H2,1H3. The Hall–Kier alpha value is -1.49. The lowest BCUT2D eigenvalue weighted by Gasteiger charge is -2.17. The van der Waals surface area contributed by atoms with Crippen molar-refractivity contribution in [3.63, 3.8) is 0 Å². The Morgan fingerprint density at radius 1 is 1.61 bits per heavy atom. The van der Waals surface area contributed by atoms with E-state index in [2.05, 4.69) is 0 Å². The lowest BCUT2D eigenvalue weighted by molar-refractivity contribution is 0.0774. The van der Waals surface area contributed by atoms with Gasteiger partial charge in [0, 0.05) is 32.4 Å². The molecule has 2 rings (SSSR count). The van der Waals surface area contributed by atoms with Crippen LogP contribution in [0.25, 0.3) is 0 Å². The van der Waals surface area contributed by atoms with Crippen LogP contribution in [-0.2, 0) is 6.54 Å². The SMILES string of the molecule is CCn1cc(N)cc1C(=O)N1CCC(CCO)C1. The number of aliphatic hydroxyl groups is 1. The van der Waals surface area contributed by atoms with Crippen molar-refractivity contribution in [1.29, 1.82) is 0 Å². The second-order valence-electron chi connectivity index (χ2n) is 4.86. The minimum absolute atomic E-state index is 0.0500. The predicted octanol–water partition coefficient (Wildman–Crippen LogP) is 0.935. The molecule has 0 bridgehead atoms. The molecular formula is C13H21N3O2. The van der Waals surface area contributed by atoms with Crippen LogP contribution in [0, 0.1) is 5.92 Å². The van der Waals surface area contributed by atoms with E-state index in [-0.39, 0.29) is 12.5 Å². The lowest BCUT2D eigenvalue weighted by Crippen LogP contribution is -2.30. The smallest absolute Gasteiger partial charge is 0.270 e. The third-order valence-corrected chi connectivity index (χ3v) is 3.59. The van der Waals surface area contributed by atoms with Gasteiger partial charge in [-0.25, -0.2) is 0 Å². The van der Waals surface area contributed by atoms with E-state index in [1.165, 1.54) is 0 Å². The van der Waals surface area contributed by atoms with Gasteiger partial charge in [0.1, 0.15) is 5.69 Å². The Morgan fingerprint density at radius 2 is 2.39 bits per heavy atom. The van der Waals surface area contributed by atoms with Crippen LogP contribution in [0.1, 0.15) is 30.3 Å². The first kappa shape index (κ1) is 13.0. The van der Waals surface area contributed by atoms with Crippen LogP contribution in [0.2, 0.25) is 0 Å². The normalized spacial score (nSPS) is 19.4. The number of nitrogen functional groups attached to an aromatic ring is 1. The highest BCUT2D eigenvalue weighted by molar-refractivity contribution is 5.94. The zero-order valence-corrected chi connectivity index (χ0v) is 10.8. The summed E-state index contributed by atoms with van der Waals surface area (Å²) in [4.78, 5) is 14.2. The third-order valence-electron chi connectivity index (χ3n) is 3.59. The Morgan fingerprint density at radius 3 is 3.06 bits per heavy atom. The lowest BCUT2D eigenvalue weighted by atomic mass is 10.1. The first-order valence-electron chi connectivity index (χ1n) is 6.51. The molecule has 1 aromatic rings. The summed E-state index contributed by atoms with van der Waals surface area (Å²) in [6, 6.07) is 1.74. The maximum atomic E-state index is 12.4. The number of rotatable bonds is 4. The number of likely N-dealkylation sites (tertiary alicyclic amines) is 1. The van der Waals surface area contributed by atoms with Crippen LogP contribution in [0.5, 0.6) is 0 Å². The summed E-state index contributed by atoms with van der Waals surface area (Å²) in [5, 5.41) is 8.93. The molecular weight excluding hydrogens is 230 g/mol. The molecule has 1 aromatic heterocycles. The van der Waals surface area contributed by atoms with Crippen LogP contribution in [-0.4, -0.2) is 40.2 Å². The molecule has 2 heterocycles. The molecule has 1 saturated heterocycles. The van der Waals surface area contributed by atoms with E-state index < -0.39 is 0 Å². The third kappa shape index (κ3) is 2.51. The van der Waals surface area contributed by atoms with E-state index in [1.54, 1.807) is 12.3 Å². The summed E-state index contributed by atoms with van der Waals surface area (Å²) in [6.07, 6.45) is 3.56. The van der Waals surface area contributed by atoms with Gasteiger partial charge in [-0.15, -0.1) is 0 Å². The molecule has 0 aliphatic carbocycles. The van der Waals surface area contributed by atoms with Crippen molar-refractivity contribution in [2.75, 3.05) is 25.4 Å². The van der Waals surface area contributed by atoms with E-state index >= 15 is 0 Å². The molecule has 0 spiro atoms. The second-order valence-corrected chi connectivity index (χ2v) is 4.86. The van der Waals surface area contributed by atoms with E-state index in [9.17, 15) is 4.79 Å². The fourth-order valence-electron chi connectivity index (χ4n) is 2.57. The second kappa shape index (κ2) is 5.44. The van der Waals surface area contributed by atoms with Crippen molar-refractivity contribution < 1.29 is 9.90 Å². The number of aryl methyl sites for hydroxylation is 1. The van der Waals surface area contributed by atoms with Gasteiger partial charge in [-0.3, -0.25) is 4.79 Å². The number of carbonyl (C=O) groups excluding carboxylic acids is 1. The number of amides is 1. The van der Waals surface area contributed by atoms with Crippen LogP contribution in [0.15, 0.2) is 12.3 Å². The summed E-state index contributed by atoms with van der Waals surface area (Å²) >= 11 is 0. The minimum Gasteiger partial charge on any atom is -0.397 e. The largest absolute Gasteiger partial charge is 0.397 e. The minimum atomic E-state index is 0.0500. The summed E-state index contributed by atoms with van der Waals surface area (Å²) in [7, 11) is 0. The topological polar surface area (TPSA) is 71.5 Å². The van der Waals surface area contributed by atoms with Gasteiger partial charge in [0.15, 0.2) is 0 Å². The van der Waals surface area contributed by atoms with Crippen molar-refractivity contribution in [2.24, 2.45) is 5.92 Å². The first-order chi connectivity index (χ1) is 8.65. The van der Waals surface area contributed by atoms with Gasteiger partial charge in [-0.05, 0) is 31.7 Å². The Bertz CT molecular complexity index is 428. The zero-order valence-electron chi connectivity index (χ0n) is 10.8. The Labute approximate surface area is 107 Å². The van der Waals surface area contributed by atoms with E-state index in [0.717, 1.165) is 32.5 Å². The average Bonchev–Trinajstić information content (AvgIpc) is 2.95. The molecule has 1 aliphatic heterocycles. The van der Waals surface area contributed by atoms with E-state index in [0.29, 0.717) is 17.3 Å². The molecule has 1 atom stereocenters. The highest BCUT2D eigenvalue weighted by Crippen LogP contribution is 2.22. The zero-order chi connectivity index (χ0) is 13.1. The number of nitrogens with zero attached hydrogens (tertiary/aromatic N) is 2. The molecule has 1 unspecified atom stereocenters. The molecule has 0 saturated carbocycles. The number of aromatic nitrogens is 1. The van der Waals surface area contributed by atoms with E-state index in [4.69, 9.17) is 10.8 Å². The summed E-state index contributed by atoms with van der Waals surface area (Å²) in [5.74, 6) is 0.482. The Balaban J connectivity index is 2.07. The van der Waals surface area contributed by atoms with Gasteiger partial charge in [0.05, 0.1) is 5.69 Å². The molecule has 1 amide bonds. The highest BCUT2D eigenvalue weighted by Gasteiger charge is 2.28.